The first-order valence-electron chi connectivity index (χ1n) is 8.10. The molecule has 8 heteroatoms. The van der Waals surface area contributed by atoms with Crippen molar-refractivity contribution < 1.29 is 9.53 Å². The fourth-order valence-electron chi connectivity index (χ4n) is 2.84. The van der Waals surface area contributed by atoms with Gasteiger partial charge in [0.05, 0.1) is 11.5 Å². The lowest BCUT2D eigenvalue weighted by molar-refractivity contribution is 0.0383. The third kappa shape index (κ3) is 3.48. The molecule has 3 heterocycles. The van der Waals surface area contributed by atoms with Crippen LogP contribution in [0.3, 0.4) is 0 Å². The second-order valence-corrected chi connectivity index (χ2v) is 7.43. The number of ether oxygens (including phenoxy) is 1. The lowest BCUT2D eigenvalue weighted by Gasteiger charge is -2.22. The predicted molar refractivity (Wildman–Crippen MR) is 97.4 cm³/mol. The number of thiophene rings is 1. The van der Waals surface area contributed by atoms with E-state index < -0.39 is 0 Å². The van der Waals surface area contributed by atoms with Crippen molar-refractivity contribution in [2.45, 2.75) is 33.3 Å². The van der Waals surface area contributed by atoms with E-state index in [4.69, 9.17) is 16.3 Å². The van der Waals surface area contributed by atoms with E-state index in [2.05, 4.69) is 20.2 Å². The van der Waals surface area contributed by atoms with Crippen LogP contribution in [0.15, 0.2) is 0 Å². The summed E-state index contributed by atoms with van der Waals surface area (Å²) in [5.74, 6) is 0.496. The van der Waals surface area contributed by atoms with Crippen LogP contribution in [0, 0.1) is 6.92 Å². The van der Waals surface area contributed by atoms with Gasteiger partial charge < -0.3 is 15.0 Å². The first-order valence-corrected chi connectivity index (χ1v) is 9.30. The number of nitrogens with one attached hydrogen (secondary N) is 1. The van der Waals surface area contributed by atoms with Crippen LogP contribution in [0.5, 0.6) is 0 Å². The topological polar surface area (TPSA) is 67.3 Å². The summed E-state index contributed by atoms with van der Waals surface area (Å²) in [5.41, 5.74) is 0.865. The fraction of sp³-hybridized carbons (Fsp3) is 0.562. The summed E-state index contributed by atoms with van der Waals surface area (Å²) >= 11 is 7.45. The molecule has 0 saturated carbocycles. The van der Waals surface area contributed by atoms with Crippen LogP contribution in [-0.4, -0.2) is 48.2 Å². The van der Waals surface area contributed by atoms with Gasteiger partial charge in [0, 0.05) is 19.6 Å². The van der Waals surface area contributed by atoms with Crippen molar-refractivity contribution in [1.82, 2.24) is 15.3 Å². The van der Waals surface area contributed by atoms with Crippen LogP contribution >= 0.6 is 22.9 Å². The molecule has 2 aromatic rings. The Kier molecular flexibility index (Phi) is 5.22. The summed E-state index contributed by atoms with van der Waals surface area (Å²) in [6.45, 7) is 9.24. The maximum Gasteiger partial charge on any atom is 0.348 e. The number of hydrogen-bond donors (Lipinski definition) is 1. The molecule has 0 aromatic carbocycles. The first kappa shape index (κ1) is 17.4. The number of carbonyl (C=O) groups excluding carboxylic acids is 1. The smallest absolute Gasteiger partial charge is 0.348 e. The molecule has 2 aromatic heterocycles. The lowest BCUT2D eigenvalue weighted by Crippen LogP contribution is -2.29. The van der Waals surface area contributed by atoms with Crippen LogP contribution in [0.25, 0.3) is 10.2 Å². The number of aromatic nitrogens is 2. The van der Waals surface area contributed by atoms with Gasteiger partial charge in [0.25, 0.3) is 0 Å². The molecule has 24 heavy (non-hydrogen) atoms. The van der Waals surface area contributed by atoms with Crippen molar-refractivity contribution in [1.29, 1.82) is 0 Å². The number of halogens is 1. The Labute approximate surface area is 150 Å². The molecule has 1 fully saturated rings. The molecule has 0 unspecified atom stereocenters. The molecule has 0 bridgehead atoms. The second kappa shape index (κ2) is 7.21. The van der Waals surface area contributed by atoms with Crippen molar-refractivity contribution in [2.24, 2.45) is 0 Å². The molecule has 0 amide bonds. The minimum absolute atomic E-state index is 0.159. The Morgan fingerprint density at radius 2 is 2.12 bits per heavy atom. The van der Waals surface area contributed by atoms with Gasteiger partial charge in [0.2, 0.25) is 5.28 Å². The van der Waals surface area contributed by atoms with Crippen molar-refractivity contribution in [2.75, 3.05) is 31.1 Å². The van der Waals surface area contributed by atoms with Gasteiger partial charge in [-0.1, -0.05) is 0 Å². The number of esters is 1. The Morgan fingerprint density at radius 3 is 2.88 bits per heavy atom. The first-order chi connectivity index (χ1) is 11.5. The predicted octanol–water partition coefficient (Wildman–Crippen LogP) is 3.02. The molecule has 0 radical (unpaired) electrons. The monoisotopic (exact) mass is 368 g/mol. The maximum atomic E-state index is 12.4. The van der Waals surface area contributed by atoms with E-state index in [1.165, 1.54) is 11.3 Å². The van der Waals surface area contributed by atoms with Gasteiger partial charge >= 0.3 is 5.97 Å². The van der Waals surface area contributed by atoms with Crippen molar-refractivity contribution >= 4 is 44.9 Å². The molecule has 1 aliphatic rings. The minimum Gasteiger partial charge on any atom is -0.459 e. The summed E-state index contributed by atoms with van der Waals surface area (Å²) < 4.78 is 5.35. The average Bonchev–Trinajstić information content (AvgIpc) is 2.71. The van der Waals surface area contributed by atoms with E-state index in [1.807, 2.05) is 20.8 Å². The molecule has 130 valence electrons. The zero-order chi connectivity index (χ0) is 17.3. The highest BCUT2D eigenvalue weighted by Gasteiger charge is 2.24. The van der Waals surface area contributed by atoms with Crippen molar-refractivity contribution in [3.05, 3.63) is 15.7 Å². The van der Waals surface area contributed by atoms with E-state index in [-0.39, 0.29) is 17.4 Å². The summed E-state index contributed by atoms with van der Waals surface area (Å²) in [6, 6.07) is 0. The molecule has 1 N–H and O–H groups in total. The summed E-state index contributed by atoms with van der Waals surface area (Å²) in [5, 5.41) is 4.49. The molecule has 6 nitrogen and oxygen atoms in total. The molecule has 0 atom stereocenters. The van der Waals surface area contributed by atoms with Crippen molar-refractivity contribution in [3.8, 4) is 0 Å². The van der Waals surface area contributed by atoms with Crippen LogP contribution in [-0.2, 0) is 4.74 Å². The normalized spacial score (nSPS) is 15.8. The Morgan fingerprint density at radius 1 is 1.33 bits per heavy atom. The van der Waals surface area contributed by atoms with Gasteiger partial charge in [-0.3, -0.25) is 0 Å². The Bertz CT molecular complexity index is 754. The second-order valence-electron chi connectivity index (χ2n) is 6.10. The number of aryl methyl sites for hydroxylation is 1. The van der Waals surface area contributed by atoms with Crippen LogP contribution in [0.2, 0.25) is 5.28 Å². The van der Waals surface area contributed by atoms with Gasteiger partial charge in [-0.15, -0.1) is 11.3 Å². The molecule has 1 saturated heterocycles. The summed E-state index contributed by atoms with van der Waals surface area (Å²) in [6.07, 6.45) is 0.877. The summed E-state index contributed by atoms with van der Waals surface area (Å²) in [4.78, 5) is 24.7. The van der Waals surface area contributed by atoms with Crippen LogP contribution in [0.1, 0.15) is 35.5 Å². The third-order valence-corrected chi connectivity index (χ3v) is 5.25. The van der Waals surface area contributed by atoms with E-state index in [1.54, 1.807) is 0 Å². The molecule has 3 rings (SSSR count). The molecular weight excluding hydrogens is 348 g/mol. The third-order valence-electron chi connectivity index (χ3n) is 3.91. The molecule has 0 aliphatic carbocycles. The maximum absolute atomic E-state index is 12.4. The van der Waals surface area contributed by atoms with Gasteiger partial charge in [0.1, 0.15) is 15.5 Å². The van der Waals surface area contributed by atoms with Crippen molar-refractivity contribution in [3.63, 3.8) is 0 Å². The highest BCUT2D eigenvalue weighted by molar-refractivity contribution is 7.20. The van der Waals surface area contributed by atoms with E-state index in [0.717, 1.165) is 54.2 Å². The van der Waals surface area contributed by atoms with Gasteiger partial charge in [-0.05, 0) is 50.9 Å². The largest absolute Gasteiger partial charge is 0.459 e. The number of rotatable bonds is 3. The fourth-order valence-corrected chi connectivity index (χ4v) is 4.11. The quantitative estimate of drug-likeness (QED) is 0.663. The molecule has 0 spiro atoms. The number of fused-ring (bicyclic) bond motifs is 1. The van der Waals surface area contributed by atoms with Crippen LogP contribution < -0.4 is 10.2 Å². The lowest BCUT2D eigenvalue weighted by atomic mass is 10.2. The summed E-state index contributed by atoms with van der Waals surface area (Å²) in [7, 11) is 0. The number of anilines is 1. The number of hydrogen-bond acceptors (Lipinski definition) is 7. The Hall–Kier alpha value is -1.44. The SMILES string of the molecule is Cc1c(C(=O)OC(C)C)sc2nc(Cl)nc(N3CCCNCC3)c12. The van der Waals surface area contributed by atoms with Gasteiger partial charge in [-0.2, -0.15) is 4.98 Å². The molecule has 1 aliphatic heterocycles. The Balaban J connectivity index is 2.09. The number of nitrogens with zero attached hydrogens (tertiary/aromatic N) is 3. The standard InChI is InChI=1S/C16H21ClN4O2S/c1-9(2)23-15(22)12-10(3)11-13(19-16(17)20-14(11)24-12)21-7-4-5-18-6-8-21/h9,18H,4-8H2,1-3H3. The van der Waals surface area contributed by atoms with Gasteiger partial charge in [-0.25, -0.2) is 9.78 Å². The van der Waals surface area contributed by atoms with Gasteiger partial charge in [0.15, 0.2) is 0 Å². The zero-order valence-corrected chi connectivity index (χ0v) is 15.6. The zero-order valence-electron chi connectivity index (χ0n) is 14.1. The van der Waals surface area contributed by atoms with E-state index >= 15 is 0 Å². The highest BCUT2D eigenvalue weighted by atomic mass is 35.5. The van der Waals surface area contributed by atoms with Crippen LogP contribution in [0.4, 0.5) is 5.82 Å². The van der Waals surface area contributed by atoms with E-state index in [0.29, 0.717) is 4.88 Å². The minimum atomic E-state index is -0.315. The number of carbonyl (C=O) groups is 1. The highest BCUT2D eigenvalue weighted by Crippen LogP contribution is 2.36. The average molecular weight is 369 g/mol. The van der Waals surface area contributed by atoms with E-state index in [9.17, 15) is 4.79 Å². The molecular formula is C16H21ClN4O2S.